The maximum Gasteiger partial charge on any atom is 0.149 e. The van der Waals surface area contributed by atoms with Crippen molar-refractivity contribution in [2.75, 3.05) is 19.6 Å². The van der Waals surface area contributed by atoms with Crippen LogP contribution in [0.2, 0.25) is 0 Å². The Morgan fingerprint density at radius 2 is 2.05 bits per heavy atom. The molecule has 5 heteroatoms. The Morgan fingerprint density at radius 3 is 2.58 bits per heavy atom. The number of rotatable bonds is 5. The van der Waals surface area contributed by atoms with E-state index >= 15 is 0 Å². The Labute approximate surface area is 116 Å². The SMILES string of the molecule is CCN1CCC(C(C)NC(C)c2nncn2C)CC1. The molecule has 1 aromatic rings. The molecule has 0 aromatic carbocycles. The van der Waals surface area contributed by atoms with Gasteiger partial charge >= 0.3 is 0 Å². The van der Waals surface area contributed by atoms with Crippen molar-refractivity contribution < 1.29 is 0 Å². The van der Waals surface area contributed by atoms with E-state index in [1.165, 1.54) is 32.5 Å². The molecule has 1 N–H and O–H groups in total. The Kier molecular flexibility index (Phi) is 4.93. The summed E-state index contributed by atoms with van der Waals surface area (Å²) in [6.07, 6.45) is 4.36. The van der Waals surface area contributed by atoms with Crippen molar-refractivity contribution in [2.24, 2.45) is 13.0 Å². The molecule has 108 valence electrons. The average Bonchev–Trinajstić information content (AvgIpc) is 2.85. The van der Waals surface area contributed by atoms with Crippen LogP contribution < -0.4 is 5.32 Å². The zero-order valence-corrected chi connectivity index (χ0v) is 12.6. The van der Waals surface area contributed by atoms with Gasteiger partial charge in [-0.1, -0.05) is 6.92 Å². The second kappa shape index (κ2) is 6.48. The van der Waals surface area contributed by atoms with Crippen molar-refractivity contribution >= 4 is 0 Å². The van der Waals surface area contributed by atoms with E-state index in [9.17, 15) is 0 Å². The second-order valence-corrected chi connectivity index (χ2v) is 5.75. The van der Waals surface area contributed by atoms with E-state index in [1.54, 1.807) is 6.33 Å². The number of aromatic nitrogens is 3. The van der Waals surface area contributed by atoms with Crippen molar-refractivity contribution in [3.05, 3.63) is 12.2 Å². The minimum absolute atomic E-state index is 0.256. The fraction of sp³-hybridized carbons (Fsp3) is 0.857. The molecule has 0 aliphatic carbocycles. The first-order valence-electron chi connectivity index (χ1n) is 7.44. The van der Waals surface area contributed by atoms with Gasteiger partial charge in [0.05, 0.1) is 6.04 Å². The lowest BCUT2D eigenvalue weighted by Crippen LogP contribution is -2.42. The molecule has 19 heavy (non-hydrogen) atoms. The van der Waals surface area contributed by atoms with Crippen molar-refractivity contribution in [2.45, 2.75) is 45.7 Å². The van der Waals surface area contributed by atoms with E-state index < -0.39 is 0 Å². The summed E-state index contributed by atoms with van der Waals surface area (Å²) < 4.78 is 1.99. The summed E-state index contributed by atoms with van der Waals surface area (Å²) in [5.74, 6) is 1.79. The predicted octanol–water partition coefficient (Wildman–Crippen LogP) is 1.59. The maximum atomic E-state index is 4.18. The number of nitrogens with zero attached hydrogens (tertiary/aromatic N) is 4. The second-order valence-electron chi connectivity index (χ2n) is 5.75. The summed E-state index contributed by atoms with van der Waals surface area (Å²) in [6.45, 7) is 10.4. The first kappa shape index (κ1) is 14.5. The maximum absolute atomic E-state index is 4.18. The lowest BCUT2D eigenvalue weighted by molar-refractivity contribution is 0.164. The van der Waals surface area contributed by atoms with E-state index in [0.29, 0.717) is 6.04 Å². The highest BCUT2D eigenvalue weighted by atomic mass is 15.3. The third kappa shape index (κ3) is 3.54. The standard InChI is InChI=1S/C14H27N5/c1-5-19-8-6-13(7-9-19)11(2)16-12(3)14-17-15-10-18(14)4/h10-13,16H,5-9H2,1-4H3. The van der Waals surface area contributed by atoms with Gasteiger partial charge in [-0.25, -0.2) is 0 Å². The highest BCUT2D eigenvalue weighted by Crippen LogP contribution is 2.22. The van der Waals surface area contributed by atoms with Crippen molar-refractivity contribution in [1.82, 2.24) is 25.0 Å². The van der Waals surface area contributed by atoms with E-state index in [-0.39, 0.29) is 6.04 Å². The fourth-order valence-electron chi connectivity index (χ4n) is 3.06. The quantitative estimate of drug-likeness (QED) is 0.878. The molecule has 1 aromatic heterocycles. The zero-order chi connectivity index (χ0) is 13.8. The molecule has 1 aliphatic heterocycles. The van der Waals surface area contributed by atoms with E-state index in [1.807, 2.05) is 11.6 Å². The van der Waals surface area contributed by atoms with Crippen LogP contribution in [-0.2, 0) is 7.05 Å². The number of likely N-dealkylation sites (tertiary alicyclic amines) is 1. The first-order chi connectivity index (χ1) is 9.11. The zero-order valence-electron chi connectivity index (χ0n) is 12.6. The monoisotopic (exact) mass is 265 g/mol. The van der Waals surface area contributed by atoms with Crippen molar-refractivity contribution in [1.29, 1.82) is 0 Å². The molecule has 2 rings (SSSR count). The van der Waals surface area contributed by atoms with E-state index in [2.05, 4.69) is 41.2 Å². The minimum atomic E-state index is 0.256. The summed E-state index contributed by atoms with van der Waals surface area (Å²) in [6, 6.07) is 0.789. The molecule has 0 bridgehead atoms. The van der Waals surface area contributed by atoms with Gasteiger partial charge in [-0.2, -0.15) is 0 Å². The van der Waals surface area contributed by atoms with Gasteiger partial charge in [0.25, 0.3) is 0 Å². The molecular weight excluding hydrogens is 238 g/mol. The Hall–Kier alpha value is -0.940. The Morgan fingerprint density at radius 1 is 1.37 bits per heavy atom. The van der Waals surface area contributed by atoms with E-state index in [0.717, 1.165) is 11.7 Å². The molecule has 0 amide bonds. The van der Waals surface area contributed by atoms with Gasteiger partial charge in [0, 0.05) is 13.1 Å². The largest absolute Gasteiger partial charge is 0.319 e. The van der Waals surface area contributed by atoms with Gasteiger partial charge in [-0.15, -0.1) is 10.2 Å². The molecule has 0 saturated carbocycles. The van der Waals surface area contributed by atoms with E-state index in [4.69, 9.17) is 0 Å². The smallest absolute Gasteiger partial charge is 0.149 e. The first-order valence-corrected chi connectivity index (χ1v) is 7.44. The van der Waals surface area contributed by atoms with Crippen LogP contribution in [0.1, 0.15) is 45.5 Å². The summed E-state index contributed by atoms with van der Waals surface area (Å²) >= 11 is 0. The summed E-state index contributed by atoms with van der Waals surface area (Å²) in [7, 11) is 2.00. The van der Waals surface area contributed by atoms with Crippen LogP contribution in [0, 0.1) is 5.92 Å². The fourth-order valence-corrected chi connectivity index (χ4v) is 3.06. The molecule has 0 spiro atoms. The van der Waals surface area contributed by atoms with Gasteiger partial charge in [0.15, 0.2) is 0 Å². The Balaban J connectivity index is 1.84. The number of nitrogens with one attached hydrogen (secondary N) is 1. The lowest BCUT2D eigenvalue weighted by atomic mass is 9.90. The number of piperidine rings is 1. The molecule has 5 nitrogen and oxygen atoms in total. The van der Waals surface area contributed by atoms with Crippen LogP contribution in [0.5, 0.6) is 0 Å². The molecule has 2 atom stereocenters. The molecule has 0 radical (unpaired) electrons. The van der Waals surface area contributed by atoms with Gasteiger partial charge in [-0.3, -0.25) is 0 Å². The molecule has 1 aliphatic rings. The number of hydrogen-bond acceptors (Lipinski definition) is 4. The molecule has 2 unspecified atom stereocenters. The van der Waals surface area contributed by atoms with Gasteiger partial charge in [0.1, 0.15) is 12.2 Å². The van der Waals surface area contributed by atoms with Crippen LogP contribution in [0.4, 0.5) is 0 Å². The average molecular weight is 265 g/mol. The van der Waals surface area contributed by atoms with Crippen LogP contribution >= 0.6 is 0 Å². The molecular formula is C14H27N5. The summed E-state index contributed by atoms with van der Waals surface area (Å²) in [5.41, 5.74) is 0. The number of aryl methyl sites for hydroxylation is 1. The summed E-state index contributed by atoms with van der Waals surface area (Å²) in [4.78, 5) is 2.54. The van der Waals surface area contributed by atoms with Crippen LogP contribution in [0.25, 0.3) is 0 Å². The molecule has 1 fully saturated rings. The molecule has 2 heterocycles. The van der Waals surface area contributed by atoms with Crippen molar-refractivity contribution in [3.63, 3.8) is 0 Å². The van der Waals surface area contributed by atoms with Gasteiger partial charge < -0.3 is 14.8 Å². The highest BCUT2D eigenvalue weighted by Gasteiger charge is 2.25. The van der Waals surface area contributed by atoms with Crippen molar-refractivity contribution in [3.8, 4) is 0 Å². The normalized spacial score (nSPS) is 21.5. The Bertz CT molecular complexity index is 381. The third-order valence-corrected chi connectivity index (χ3v) is 4.43. The topological polar surface area (TPSA) is 46.0 Å². The number of hydrogen-bond donors (Lipinski definition) is 1. The summed E-state index contributed by atoms with van der Waals surface area (Å²) in [5, 5.41) is 11.8. The molecule has 1 saturated heterocycles. The van der Waals surface area contributed by atoms with Gasteiger partial charge in [0.2, 0.25) is 0 Å². The van der Waals surface area contributed by atoms with Crippen LogP contribution in [-0.4, -0.2) is 45.3 Å². The van der Waals surface area contributed by atoms with Gasteiger partial charge in [-0.05, 0) is 52.2 Å². The minimum Gasteiger partial charge on any atom is -0.319 e. The van der Waals surface area contributed by atoms with Crippen LogP contribution in [0.3, 0.4) is 0 Å². The lowest BCUT2D eigenvalue weighted by Gasteiger charge is -2.35. The highest BCUT2D eigenvalue weighted by molar-refractivity contribution is 4.94. The van der Waals surface area contributed by atoms with Crippen LogP contribution in [0.15, 0.2) is 6.33 Å². The third-order valence-electron chi connectivity index (χ3n) is 4.43. The predicted molar refractivity (Wildman–Crippen MR) is 76.9 cm³/mol.